The van der Waals surface area contributed by atoms with Crippen LogP contribution < -0.4 is 19.6 Å². The summed E-state index contributed by atoms with van der Waals surface area (Å²) in [5, 5.41) is 0. The minimum atomic E-state index is 1.06. The molecule has 0 atom stereocenters. The third kappa shape index (κ3) is 10.3. The molecular weight excluding hydrogens is 945 g/mol. The molecule has 0 spiro atoms. The summed E-state index contributed by atoms with van der Waals surface area (Å²) in [6.07, 6.45) is 0. The molecule has 12 aromatic rings. The van der Waals surface area contributed by atoms with Crippen molar-refractivity contribution in [2.24, 2.45) is 0 Å². The monoisotopic (exact) mass is 1000 g/mol. The molecule has 4 heteroatoms. The summed E-state index contributed by atoms with van der Waals surface area (Å²) in [5.74, 6) is 0. The first-order valence-corrected chi connectivity index (χ1v) is 26.7. The van der Waals surface area contributed by atoms with Crippen molar-refractivity contribution in [3.8, 4) is 33.4 Å². The first-order chi connectivity index (χ1) is 38.5. The largest absolute Gasteiger partial charge is 0.310 e. The SMILES string of the molecule is Cc1cc(-c2ccc(-c3cc(N(c4ccccc4)c4ccccc4)cc(N(c4ccccc4)c4ccccc4)c3)c(C)c2)ccc1-c1cc(N(c2ccccc2)c2ccccc2)cc(N(c2ccccc2)c2ccccc2)c1. The van der Waals surface area contributed by atoms with E-state index in [0.717, 1.165) is 79.4 Å². The summed E-state index contributed by atoms with van der Waals surface area (Å²) in [4.78, 5) is 9.43. The van der Waals surface area contributed by atoms with E-state index in [-0.39, 0.29) is 0 Å². The number of rotatable bonds is 15. The van der Waals surface area contributed by atoms with E-state index in [1.807, 2.05) is 0 Å². The minimum Gasteiger partial charge on any atom is -0.310 e. The summed E-state index contributed by atoms with van der Waals surface area (Å²) in [6.45, 7) is 4.49. The van der Waals surface area contributed by atoms with Gasteiger partial charge in [-0.15, -0.1) is 0 Å². The van der Waals surface area contributed by atoms with E-state index in [9.17, 15) is 0 Å². The molecule has 0 saturated carbocycles. The van der Waals surface area contributed by atoms with Crippen LogP contribution in [0, 0.1) is 13.8 Å². The second-order valence-corrected chi connectivity index (χ2v) is 19.6. The predicted octanol–water partition coefficient (Wildman–Crippen LogP) is 21.2. The molecule has 0 heterocycles. The molecular formula is C74H58N4. The van der Waals surface area contributed by atoms with Gasteiger partial charge >= 0.3 is 0 Å². The molecule has 374 valence electrons. The van der Waals surface area contributed by atoms with Gasteiger partial charge in [0.1, 0.15) is 0 Å². The van der Waals surface area contributed by atoms with Gasteiger partial charge in [0.05, 0.1) is 0 Å². The fourth-order valence-corrected chi connectivity index (χ4v) is 10.8. The smallest absolute Gasteiger partial charge is 0.0488 e. The highest BCUT2D eigenvalue weighted by molar-refractivity contribution is 5.91. The number of nitrogens with zero attached hydrogens (tertiary/aromatic N) is 4. The maximum Gasteiger partial charge on any atom is 0.0488 e. The maximum atomic E-state index is 2.36. The lowest BCUT2D eigenvalue weighted by Gasteiger charge is -2.30. The topological polar surface area (TPSA) is 13.0 Å². The van der Waals surface area contributed by atoms with Crippen molar-refractivity contribution in [1.82, 2.24) is 0 Å². The highest BCUT2D eigenvalue weighted by Gasteiger charge is 2.22. The van der Waals surface area contributed by atoms with E-state index in [4.69, 9.17) is 0 Å². The fourth-order valence-electron chi connectivity index (χ4n) is 10.8. The number of hydrogen-bond acceptors (Lipinski definition) is 4. The molecule has 12 aromatic carbocycles. The van der Waals surface area contributed by atoms with Gasteiger partial charge in [-0.05, 0) is 192 Å². The molecule has 12 rings (SSSR count). The van der Waals surface area contributed by atoms with E-state index < -0.39 is 0 Å². The molecule has 0 fully saturated rings. The van der Waals surface area contributed by atoms with Crippen LogP contribution in [-0.2, 0) is 0 Å². The Morgan fingerprint density at radius 3 is 0.538 bits per heavy atom. The highest BCUT2D eigenvalue weighted by Crippen LogP contribution is 2.46. The highest BCUT2D eigenvalue weighted by atomic mass is 15.2. The average molecular weight is 1000 g/mol. The Bertz CT molecular complexity index is 3290. The Balaban J connectivity index is 0.971. The molecule has 0 aromatic heterocycles. The Morgan fingerprint density at radius 1 is 0.167 bits per heavy atom. The Kier molecular flexibility index (Phi) is 14.0. The standard InChI is InChI=1S/C74H58N4/c1-55-47-57(43-45-73(55)59-49-69(75(61-27-11-3-12-28-61)62-29-13-4-14-30-62)53-70(50-59)76(63-31-15-5-16-32-63)64-33-17-6-18-34-64)58-44-46-74(56(2)48-58)60-51-71(77(65-35-19-7-20-36-65)66-37-21-8-22-38-66)54-72(52-60)78(67-39-23-9-24-40-67)68-41-25-10-26-42-68/h3-54H,1-2H3. The molecule has 0 aliphatic heterocycles. The van der Waals surface area contributed by atoms with Gasteiger partial charge in [0.25, 0.3) is 0 Å². The zero-order chi connectivity index (χ0) is 52.6. The van der Waals surface area contributed by atoms with Gasteiger partial charge in [0, 0.05) is 68.2 Å². The van der Waals surface area contributed by atoms with Crippen molar-refractivity contribution >= 4 is 68.2 Å². The van der Waals surface area contributed by atoms with Crippen molar-refractivity contribution in [2.75, 3.05) is 19.6 Å². The van der Waals surface area contributed by atoms with Crippen molar-refractivity contribution in [1.29, 1.82) is 0 Å². The number of anilines is 12. The van der Waals surface area contributed by atoms with E-state index >= 15 is 0 Å². The van der Waals surface area contributed by atoms with Crippen LogP contribution in [0.2, 0.25) is 0 Å². The lowest BCUT2D eigenvalue weighted by Crippen LogP contribution is -2.13. The first kappa shape index (κ1) is 48.8. The molecule has 0 aliphatic carbocycles. The van der Waals surface area contributed by atoms with Crippen LogP contribution in [0.1, 0.15) is 11.1 Å². The zero-order valence-electron chi connectivity index (χ0n) is 43.8. The van der Waals surface area contributed by atoms with Crippen LogP contribution in [0.5, 0.6) is 0 Å². The number of aryl methyl sites for hydroxylation is 2. The number of para-hydroxylation sites is 8. The lowest BCUT2D eigenvalue weighted by molar-refractivity contribution is 1.25. The molecule has 0 bridgehead atoms. The van der Waals surface area contributed by atoms with Gasteiger partial charge in [-0.2, -0.15) is 0 Å². The third-order valence-corrected chi connectivity index (χ3v) is 14.4. The molecule has 4 nitrogen and oxygen atoms in total. The third-order valence-electron chi connectivity index (χ3n) is 14.4. The van der Waals surface area contributed by atoms with Crippen LogP contribution in [0.3, 0.4) is 0 Å². The zero-order valence-corrected chi connectivity index (χ0v) is 43.8. The molecule has 0 N–H and O–H groups in total. The quantitative estimate of drug-likeness (QED) is 0.101. The average Bonchev–Trinajstić information content (AvgIpc) is 3.52. The van der Waals surface area contributed by atoms with Crippen LogP contribution in [0.4, 0.5) is 68.2 Å². The van der Waals surface area contributed by atoms with E-state index in [1.165, 1.54) is 33.4 Å². The number of benzene rings is 12. The minimum absolute atomic E-state index is 1.06. The second-order valence-electron chi connectivity index (χ2n) is 19.6. The normalized spacial score (nSPS) is 10.9. The Hall–Kier alpha value is -10.2. The number of hydrogen-bond donors (Lipinski definition) is 0. The molecule has 78 heavy (non-hydrogen) atoms. The van der Waals surface area contributed by atoms with Gasteiger partial charge in [-0.1, -0.05) is 182 Å². The predicted molar refractivity (Wildman–Crippen MR) is 331 cm³/mol. The molecule has 0 saturated heterocycles. The summed E-state index contributed by atoms with van der Waals surface area (Å²) in [7, 11) is 0. The van der Waals surface area contributed by atoms with Crippen molar-refractivity contribution in [3.63, 3.8) is 0 Å². The van der Waals surface area contributed by atoms with Crippen LogP contribution in [0.25, 0.3) is 33.4 Å². The Morgan fingerprint density at radius 2 is 0.359 bits per heavy atom. The van der Waals surface area contributed by atoms with Crippen molar-refractivity contribution in [2.45, 2.75) is 13.8 Å². The summed E-state index contributed by atoms with van der Waals surface area (Å²) in [5.41, 5.74) is 22.2. The van der Waals surface area contributed by atoms with Gasteiger partial charge in [0.15, 0.2) is 0 Å². The molecule has 0 amide bonds. The molecule has 0 radical (unpaired) electrons. The van der Waals surface area contributed by atoms with Crippen molar-refractivity contribution < 1.29 is 0 Å². The molecule has 0 unspecified atom stereocenters. The van der Waals surface area contributed by atoms with E-state index in [2.05, 4.69) is 349 Å². The molecule has 0 aliphatic rings. The van der Waals surface area contributed by atoms with Crippen LogP contribution in [0.15, 0.2) is 315 Å². The lowest BCUT2D eigenvalue weighted by atomic mass is 9.92. The summed E-state index contributed by atoms with van der Waals surface area (Å²) in [6, 6.07) is 113. The Labute approximate surface area is 459 Å². The van der Waals surface area contributed by atoms with Gasteiger partial charge in [-0.25, -0.2) is 0 Å². The van der Waals surface area contributed by atoms with E-state index in [0.29, 0.717) is 0 Å². The van der Waals surface area contributed by atoms with E-state index in [1.54, 1.807) is 0 Å². The first-order valence-electron chi connectivity index (χ1n) is 26.7. The maximum absolute atomic E-state index is 2.36. The van der Waals surface area contributed by atoms with Gasteiger partial charge in [-0.3, -0.25) is 0 Å². The van der Waals surface area contributed by atoms with Gasteiger partial charge in [0.2, 0.25) is 0 Å². The fraction of sp³-hybridized carbons (Fsp3) is 0.0270. The van der Waals surface area contributed by atoms with Gasteiger partial charge < -0.3 is 19.6 Å². The second kappa shape index (κ2) is 22.4. The van der Waals surface area contributed by atoms with Crippen LogP contribution >= 0.6 is 0 Å². The van der Waals surface area contributed by atoms with Crippen LogP contribution in [-0.4, -0.2) is 0 Å². The van der Waals surface area contributed by atoms with Crippen molar-refractivity contribution in [3.05, 3.63) is 327 Å². The summed E-state index contributed by atoms with van der Waals surface area (Å²) < 4.78 is 0. The summed E-state index contributed by atoms with van der Waals surface area (Å²) >= 11 is 0.